The number of alkyl halides is 3. The van der Waals surface area contributed by atoms with Gasteiger partial charge in [0.2, 0.25) is 0 Å². The van der Waals surface area contributed by atoms with Gasteiger partial charge >= 0.3 is 6.18 Å². The molecule has 0 aliphatic heterocycles. The van der Waals surface area contributed by atoms with E-state index in [-0.39, 0.29) is 6.61 Å². The van der Waals surface area contributed by atoms with Crippen LogP contribution in [0.5, 0.6) is 5.75 Å². The molecule has 0 spiro atoms. The van der Waals surface area contributed by atoms with Gasteiger partial charge in [0.1, 0.15) is 12.4 Å². The van der Waals surface area contributed by atoms with Crippen LogP contribution in [0, 0.1) is 6.92 Å². The highest BCUT2D eigenvalue weighted by molar-refractivity contribution is 5.53. The highest BCUT2D eigenvalue weighted by atomic mass is 19.4. The second kappa shape index (κ2) is 9.12. The molecule has 27 heavy (non-hydrogen) atoms. The molecule has 142 valence electrons. The van der Waals surface area contributed by atoms with E-state index < -0.39 is 11.7 Å². The van der Waals surface area contributed by atoms with Gasteiger partial charge in [0.15, 0.2) is 0 Å². The van der Waals surface area contributed by atoms with Crippen LogP contribution >= 0.6 is 0 Å². The van der Waals surface area contributed by atoms with Gasteiger partial charge in [0, 0.05) is 5.70 Å². The van der Waals surface area contributed by atoms with Crippen molar-refractivity contribution < 1.29 is 17.9 Å². The van der Waals surface area contributed by atoms with Crippen molar-refractivity contribution in [2.75, 3.05) is 6.61 Å². The zero-order chi connectivity index (χ0) is 19.9. The second-order valence-corrected chi connectivity index (χ2v) is 6.20. The Morgan fingerprint density at radius 2 is 1.70 bits per heavy atom. The molecule has 0 saturated carbocycles. The van der Waals surface area contributed by atoms with Gasteiger partial charge in [0.25, 0.3) is 0 Å². The molecular formula is C22H22F3NO. The van der Waals surface area contributed by atoms with Crippen molar-refractivity contribution in [3.8, 4) is 5.75 Å². The Labute approximate surface area is 157 Å². The molecule has 2 N–H and O–H groups in total. The minimum Gasteiger partial charge on any atom is -0.487 e. The summed E-state index contributed by atoms with van der Waals surface area (Å²) in [6.07, 6.45) is 1.49. The number of nitrogens with two attached hydrogens (primary N) is 1. The van der Waals surface area contributed by atoms with E-state index in [9.17, 15) is 13.2 Å². The maximum Gasteiger partial charge on any atom is 0.416 e. The largest absolute Gasteiger partial charge is 0.487 e. The number of aryl methyl sites for hydroxylation is 1. The molecule has 0 aliphatic carbocycles. The number of rotatable bonds is 7. The van der Waals surface area contributed by atoms with E-state index in [0.29, 0.717) is 17.7 Å². The van der Waals surface area contributed by atoms with Crippen LogP contribution < -0.4 is 10.5 Å². The Bertz CT molecular complexity index is 816. The van der Waals surface area contributed by atoms with Gasteiger partial charge in [-0.05, 0) is 43.2 Å². The van der Waals surface area contributed by atoms with Crippen molar-refractivity contribution >= 4 is 6.08 Å². The van der Waals surface area contributed by atoms with Crippen molar-refractivity contribution in [1.82, 2.24) is 0 Å². The molecule has 0 aliphatic rings. The standard InChI is InChI=1S/C22H22F3NO/c1-16(3-7-18-8-10-19(11-9-18)22(23,24)25)4-12-20(26)15-27-21-13-5-17(2)6-14-21/h3,5-14H,1,4,15,26H2,2H3/b7-3+,20-12-. The van der Waals surface area contributed by atoms with Gasteiger partial charge in [-0.15, -0.1) is 0 Å². The van der Waals surface area contributed by atoms with Crippen LogP contribution in [-0.4, -0.2) is 6.61 Å². The molecule has 0 bridgehead atoms. The Morgan fingerprint density at radius 1 is 1.07 bits per heavy atom. The Morgan fingerprint density at radius 3 is 2.30 bits per heavy atom. The molecule has 0 aromatic heterocycles. The van der Waals surface area contributed by atoms with Gasteiger partial charge in [0.05, 0.1) is 5.56 Å². The first-order valence-corrected chi connectivity index (χ1v) is 8.41. The zero-order valence-corrected chi connectivity index (χ0v) is 15.1. The fourth-order valence-corrected chi connectivity index (χ4v) is 2.19. The van der Waals surface area contributed by atoms with Crippen molar-refractivity contribution in [2.45, 2.75) is 19.5 Å². The quantitative estimate of drug-likeness (QED) is 0.614. The van der Waals surface area contributed by atoms with E-state index in [1.54, 1.807) is 12.2 Å². The zero-order valence-electron chi connectivity index (χ0n) is 15.1. The van der Waals surface area contributed by atoms with Gasteiger partial charge in [-0.1, -0.05) is 60.2 Å². The lowest BCUT2D eigenvalue weighted by molar-refractivity contribution is -0.137. The second-order valence-electron chi connectivity index (χ2n) is 6.20. The lowest BCUT2D eigenvalue weighted by Crippen LogP contribution is -2.09. The number of allylic oxidation sites excluding steroid dienone is 3. The van der Waals surface area contributed by atoms with E-state index in [4.69, 9.17) is 10.5 Å². The van der Waals surface area contributed by atoms with Crippen LogP contribution in [0.4, 0.5) is 13.2 Å². The van der Waals surface area contributed by atoms with Crippen LogP contribution in [0.1, 0.15) is 23.1 Å². The smallest absolute Gasteiger partial charge is 0.416 e. The van der Waals surface area contributed by atoms with Crippen LogP contribution in [0.2, 0.25) is 0 Å². The maximum atomic E-state index is 12.5. The fraction of sp³-hybridized carbons (Fsp3) is 0.182. The number of hydrogen-bond acceptors (Lipinski definition) is 2. The van der Waals surface area contributed by atoms with Gasteiger partial charge in [-0.3, -0.25) is 0 Å². The highest BCUT2D eigenvalue weighted by Gasteiger charge is 2.29. The molecule has 2 nitrogen and oxygen atoms in total. The molecule has 2 aromatic carbocycles. The highest BCUT2D eigenvalue weighted by Crippen LogP contribution is 2.29. The molecule has 5 heteroatoms. The lowest BCUT2D eigenvalue weighted by atomic mass is 10.1. The first kappa shape index (κ1) is 20.4. The summed E-state index contributed by atoms with van der Waals surface area (Å²) in [5.74, 6) is 0.748. The summed E-state index contributed by atoms with van der Waals surface area (Å²) in [4.78, 5) is 0. The normalized spacial score (nSPS) is 12.4. The predicted molar refractivity (Wildman–Crippen MR) is 103 cm³/mol. The SMILES string of the molecule is C=C(/C=C/c1ccc(C(F)(F)F)cc1)C/C=C(\N)COc1ccc(C)cc1. The first-order valence-electron chi connectivity index (χ1n) is 8.41. The van der Waals surface area contributed by atoms with Gasteiger partial charge in [-0.2, -0.15) is 13.2 Å². The molecule has 0 heterocycles. The summed E-state index contributed by atoms with van der Waals surface area (Å²) in [5.41, 5.74) is 8.46. The minimum atomic E-state index is -4.32. The third-order valence-electron chi connectivity index (χ3n) is 3.80. The molecule has 0 unspecified atom stereocenters. The number of halogens is 3. The Hall–Kier alpha value is -2.95. The van der Waals surface area contributed by atoms with E-state index in [1.165, 1.54) is 12.1 Å². The van der Waals surface area contributed by atoms with E-state index in [1.807, 2.05) is 37.3 Å². The number of hydrogen-bond donors (Lipinski definition) is 1. The molecule has 0 amide bonds. The molecule has 0 fully saturated rings. The molecule has 0 atom stereocenters. The monoisotopic (exact) mass is 373 g/mol. The lowest BCUT2D eigenvalue weighted by Gasteiger charge is -2.07. The van der Waals surface area contributed by atoms with Crippen LogP contribution in [0.25, 0.3) is 6.08 Å². The van der Waals surface area contributed by atoms with Crippen molar-refractivity contribution in [3.63, 3.8) is 0 Å². The average Bonchev–Trinajstić information content (AvgIpc) is 2.64. The molecule has 0 radical (unpaired) electrons. The topological polar surface area (TPSA) is 35.2 Å². The van der Waals surface area contributed by atoms with Crippen molar-refractivity contribution in [3.05, 3.63) is 95.2 Å². The molecule has 2 aromatic rings. The van der Waals surface area contributed by atoms with Gasteiger partial charge < -0.3 is 10.5 Å². The van der Waals surface area contributed by atoms with E-state index in [2.05, 4.69) is 6.58 Å². The summed E-state index contributed by atoms with van der Waals surface area (Å²) in [5, 5.41) is 0. The third-order valence-corrected chi connectivity index (χ3v) is 3.80. The van der Waals surface area contributed by atoms with Crippen LogP contribution in [0.3, 0.4) is 0 Å². The fourth-order valence-electron chi connectivity index (χ4n) is 2.19. The van der Waals surface area contributed by atoms with Crippen molar-refractivity contribution in [2.24, 2.45) is 5.73 Å². The summed E-state index contributed by atoms with van der Waals surface area (Å²) in [6.45, 7) is 6.20. The Kier molecular flexibility index (Phi) is 6.88. The number of benzene rings is 2. The van der Waals surface area contributed by atoms with Crippen molar-refractivity contribution in [1.29, 1.82) is 0 Å². The van der Waals surface area contributed by atoms with E-state index in [0.717, 1.165) is 29.0 Å². The number of ether oxygens (including phenoxy) is 1. The van der Waals surface area contributed by atoms with E-state index >= 15 is 0 Å². The molecule has 2 rings (SSSR count). The third kappa shape index (κ3) is 7.05. The summed E-state index contributed by atoms with van der Waals surface area (Å²) >= 11 is 0. The molecule has 0 saturated heterocycles. The maximum absolute atomic E-state index is 12.5. The summed E-state index contributed by atoms with van der Waals surface area (Å²) in [6, 6.07) is 12.7. The minimum absolute atomic E-state index is 0.277. The summed E-state index contributed by atoms with van der Waals surface area (Å²) < 4.78 is 43.2. The average molecular weight is 373 g/mol. The predicted octanol–water partition coefficient (Wildman–Crippen LogP) is 5.89. The Balaban J connectivity index is 1.82. The van der Waals surface area contributed by atoms with Crippen LogP contribution in [0.15, 0.2) is 78.5 Å². The van der Waals surface area contributed by atoms with Gasteiger partial charge in [-0.25, -0.2) is 0 Å². The first-order chi connectivity index (χ1) is 12.7. The van der Waals surface area contributed by atoms with Crippen LogP contribution in [-0.2, 0) is 6.18 Å². The molecular weight excluding hydrogens is 351 g/mol. The summed E-state index contributed by atoms with van der Waals surface area (Å²) in [7, 11) is 0.